The van der Waals surface area contributed by atoms with Gasteiger partial charge in [-0.25, -0.2) is 4.98 Å². The van der Waals surface area contributed by atoms with Gasteiger partial charge in [0.1, 0.15) is 0 Å². The fourth-order valence-corrected chi connectivity index (χ4v) is 5.60. The molecular formula is C26H29ClF3N5O. The van der Waals surface area contributed by atoms with Gasteiger partial charge < -0.3 is 19.7 Å². The number of nitrogens with zero attached hydrogens (tertiary/aromatic N) is 4. The maximum Gasteiger partial charge on any atom is 0.416 e. The molecule has 0 radical (unpaired) electrons. The Kier molecular flexibility index (Phi) is 6.63. The minimum Gasteiger partial charge on any atom is -0.368 e. The van der Waals surface area contributed by atoms with Crippen molar-refractivity contribution < 1.29 is 18.0 Å². The molecule has 0 aliphatic carbocycles. The average molecular weight is 520 g/mol. The number of benzene rings is 2. The molecular weight excluding hydrogens is 491 g/mol. The first-order valence-corrected chi connectivity index (χ1v) is 12.6. The molecule has 2 fully saturated rings. The van der Waals surface area contributed by atoms with Crippen LogP contribution in [-0.4, -0.2) is 58.6 Å². The van der Waals surface area contributed by atoms with Gasteiger partial charge in [-0.05, 0) is 69.1 Å². The van der Waals surface area contributed by atoms with Crippen LogP contribution in [0.15, 0.2) is 42.7 Å². The van der Waals surface area contributed by atoms with E-state index in [4.69, 9.17) is 11.6 Å². The van der Waals surface area contributed by atoms with Crippen LogP contribution in [0.4, 0.5) is 18.9 Å². The highest BCUT2D eigenvalue weighted by atomic mass is 35.5. The first-order chi connectivity index (χ1) is 17.1. The van der Waals surface area contributed by atoms with Gasteiger partial charge in [0.2, 0.25) is 5.91 Å². The minimum absolute atomic E-state index is 0.0477. The van der Waals surface area contributed by atoms with E-state index in [9.17, 15) is 18.0 Å². The number of alkyl halides is 3. The third-order valence-corrected chi connectivity index (χ3v) is 7.62. The van der Waals surface area contributed by atoms with Crippen molar-refractivity contribution in [3.05, 3.63) is 58.9 Å². The standard InChI is InChI=1S/C26H29ClF3N5O/c1-16-14-33(10-11-34(16)25(36)23-4-3-9-31-23)19-6-8-22-24(13-19)35(15-32-22)17(2)20-7-5-18(27)12-21(20)26(28,29)30/h5-8,12-13,15-17,23,31H,3-4,9-11,14H2,1-2H3/t16?,17-,23?/m1/s1. The maximum absolute atomic E-state index is 13.8. The molecule has 2 aliphatic heterocycles. The normalized spacial score (nSPS) is 21.8. The lowest BCUT2D eigenvalue weighted by atomic mass is 10.0. The van der Waals surface area contributed by atoms with E-state index in [0.717, 1.165) is 36.7 Å². The maximum atomic E-state index is 13.8. The molecule has 0 bridgehead atoms. The van der Waals surface area contributed by atoms with Gasteiger partial charge >= 0.3 is 6.18 Å². The summed E-state index contributed by atoms with van der Waals surface area (Å²) in [4.78, 5) is 21.5. The van der Waals surface area contributed by atoms with Crippen molar-refractivity contribution in [1.29, 1.82) is 0 Å². The summed E-state index contributed by atoms with van der Waals surface area (Å²) in [6, 6.07) is 9.11. The SMILES string of the molecule is CC1CN(c2ccc3ncn([C@H](C)c4ccc(Cl)cc4C(F)(F)F)c3c2)CCN1C(=O)C1CCCN1. The lowest BCUT2D eigenvalue weighted by Crippen LogP contribution is -2.57. The molecule has 1 amide bonds. The summed E-state index contributed by atoms with van der Waals surface area (Å²) in [5, 5.41) is 3.34. The molecule has 3 atom stereocenters. The molecule has 2 aromatic carbocycles. The molecule has 1 aromatic heterocycles. The molecule has 2 unspecified atom stereocenters. The van der Waals surface area contributed by atoms with E-state index < -0.39 is 17.8 Å². The Hall–Kier alpha value is -2.78. The van der Waals surface area contributed by atoms with Crippen LogP contribution in [0.1, 0.15) is 43.9 Å². The van der Waals surface area contributed by atoms with Crippen LogP contribution >= 0.6 is 11.6 Å². The molecule has 2 aliphatic rings. The summed E-state index contributed by atoms with van der Waals surface area (Å²) < 4.78 is 43.0. The second-order valence-corrected chi connectivity index (χ2v) is 10.1. The molecule has 5 rings (SSSR count). The Balaban J connectivity index is 1.40. The molecule has 0 spiro atoms. The summed E-state index contributed by atoms with van der Waals surface area (Å²) in [6.45, 7) is 6.68. The first kappa shape index (κ1) is 24.9. The lowest BCUT2D eigenvalue weighted by molar-refractivity contribution is -0.138. The monoisotopic (exact) mass is 519 g/mol. The largest absolute Gasteiger partial charge is 0.416 e. The van der Waals surface area contributed by atoms with Crippen LogP contribution in [0, 0.1) is 0 Å². The van der Waals surface area contributed by atoms with Crippen molar-refractivity contribution >= 4 is 34.2 Å². The number of piperazine rings is 1. The number of carbonyl (C=O) groups excluding carboxylic acids is 1. The van der Waals surface area contributed by atoms with Gasteiger partial charge in [0, 0.05) is 36.4 Å². The van der Waals surface area contributed by atoms with Gasteiger partial charge in [0.25, 0.3) is 0 Å². The van der Waals surface area contributed by atoms with E-state index in [-0.39, 0.29) is 28.6 Å². The smallest absolute Gasteiger partial charge is 0.368 e. The van der Waals surface area contributed by atoms with Crippen LogP contribution in [0.2, 0.25) is 5.02 Å². The van der Waals surface area contributed by atoms with Crippen LogP contribution < -0.4 is 10.2 Å². The van der Waals surface area contributed by atoms with E-state index in [0.29, 0.717) is 25.2 Å². The Morgan fingerprint density at radius 1 is 1.19 bits per heavy atom. The Labute approximate surface area is 213 Å². The van der Waals surface area contributed by atoms with Crippen molar-refractivity contribution in [2.45, 2.75) is 51.0 Å². The second-order valence-electron chi connectivity index (χ2n) is 9.71. The fourth-order valence-electron chi connectivity index (χ4n) is 5.42. The molecule has 3 aromatic rings. The van der Waals surface area contributed by atoms with Crippen molar-refractivity contribution in [2.75, 3.05) is 31.1 Å². The van der Waals surface area contributed by atoms with E-state index >= 15 is 0 Å². The highest BCUT2D eigenvalue weighted by Gasteiger charge is 2.36. The zero-order valence-corrected chi connectivity index (χ0v) is 21.0. The van der Waals surface area contributed by atoms with Crippen LogP contribution in [0.3, 0.4) is 0 Å². The van der Waals surface area contributed by atoms with Crippen LogP contribution in [-0.2, 0) is 11.0 Å². The molecule has 6 nitrogen and oxygen atoms in total. The van der Waals surface area contributed by atoms with Crippen LogP contribution in [0.5, 0.6) is 0 Å². The number of rotatable bonds is 4. The number of halogens is 4. The quantitative estimate of drug-likeness (QED) is 0.520. The highest BCUT2D eigenvalue weighted by molar-refractivity contribution is 6.30. The van der Waals surface area contributed by atoms with Crippen molar-refractivity contribution in [3.63, 3.8) is 0 Å². The summed E-state index contributed by atoms with van der Waals surface area (Å²) in [6.07, 6.45) is -1.02. The highest BCUT2D eigenvalue weighted by Crippen LogP contribution is 2.38. The number of hydrogen-bond donors (Lipinski definition) is 1. The Morgan fingerprint density at radius 2 is 2.00 bits per heavy atom. The number of amides is 1. The number of imidazole rings is 1. The van der Waals surface area contributed by atoms with E-state index in [2.05, 4.69) is 22.1 Å². The molecule has 36 heavy (non-hydrogen) atoms. The average Bonchev–Trinajstić information content (AvgIpc) is 3.52. The third kappa shape index (κ3) is 4.66. The zero-order valence-electron chi connectivity index (χ0n) is 20.2. The molecule has 192 valence electrons. The topological polar surface area (TPSA) is 53.4 Å². The molecule has 2 saturated heterocycles. The zero-order chi connectivity index (χ0) is 25.6. The molecule has 3 heterocycles. The number of anilines is 1. The predicted octanol–water partition coefficient (Wildman–Crippen LogP) is 5.11. The fraction of sp³-hybridized carbons (Fsp3) is 0.462. The van der Waals surface area contributed by atoms with Crippen LogP contribution in [0.25, 0.3) is 11.0 Å². The number of nitrogens with one attached hydrogen (secondary N) is 1. The Bertz CT molecular complexity index is 1270. The van der Waals surface area contributed by atoms with Gasteiger partial charge in [-0.3, -0.25) is 4.79 Å². The summed E-state index contributed by atoms with van der Waals surface area (Å²) in [5.74, 6) is 0.172. The number of aromatic nitrogens is 2. The molecule has 10 heteroatoms. The van der Waals surface area contributed by atoms with Crippen molar-refractivity contribution in [1.82, 2.24) is 19.8 Å². The van der Waals surface area contributed by atoms with Gasteiger partial charge in [0.15, 0.2) is 0 Å². The van der Waals surface area contributed by atoms with E-state index in [1.54, 1.807) is 17.8 Å². The van der Waals surface area contributed by atoms with Crippen molar-refractivity contribution in [2.24, 2.45) is 0 Å². The van der Waals surface area contributed by atoms with Gasteiger partial charge in [-0.2, -0.15) is 13.2 Å². The lowest BCUT2D eigenvalue weighted by Gasteiger charge is -2.42. The number of hydrogen-bond acceptors (Lipinski definition) is 4. The second kappa shape index (κ2) is 9.59. The van der Waals surface area contributed by atoms with Crippen molar-refractivity contribution in [3.8, 4) is 0 Å². The van der Waals surface area contributed by atoms with Gasteiger partial charge in [0.05, 0.1) is 35.0 Å². The minimum atomic E-state index is -4.52. The third-order valence-electron chi connectivity index (χ3n) is 7.38. The summed E-state index contributed by atoms with van der Waals surface area (Å²) >= 11 is 5.88. The number of fused-ring (bicyclic) bond motifs is 1. The van der Waals surface area contributed by atoms with E-state index in [1.165, 1.54) is 12.1 Å². The van der Waals surface area contributed by atoms with Gasteiger partial charge in [-0.1, -0.05) is 17.7 Å². The predicted molar refractivity (Wildman–Crippen MR) is 134 cm³/mol. The first-order valence-electron chi connectivity index (χ1n) is 12.3. The number of carbonyl (C=O) groups is 1. The summed E-state index contributed by atoms with van der Waals surface area (Å²) in [5.41, 5.74) is 1.82. The molecule has 0 saturated carbocycles. The Morgan fingerprint density at radius 3 is 2.69 bits per heavy atom. The summed E-state index contributed by atoms with van der Waals surface area (Å²) in [7, 11) is 0. The van der Waals surface area contributed by atoms with E-state index in [1.807, 2.05) is 23.1 Å². The van der Waals surface area contributed by atoms with Gasteiger partial charge in [-0.15, -0.1) is 0 Å². The molecule has 1 N–H and O–H groups in total.